The third kappa shape index (κ3) is 5.63. The maximum atomic E-state index is 13.7. The molecule has 1 amide bonds. The van der Waals surface area contributed by atoms with Crippen molar-refractivity contribution in [1.82, 2.24) is 24.8 Å². The molecule has 4 heterocycles. The second-order valence-electron chi connectivity index (χ2n) is 9.46. The molecule has 0 radical (unpaired) electrons. The van der Waals surface area contributed by atoms with Gasteiger partial charge in [0.25, 0.3) is 0 Å². The first-order valence-corrected chi connectivity index (χ1v) is 12.3. The normalized spacial score (nSPS) is 20.8. The van der Waals surface area contributed by atoms with Crippen LogP contribution in [0.15, 0.2) is 36.5 Å². The van der Waals surface area contributed by atoms with Crippen molar-refractivity contribution in [3.8, 4) is 28.7 Å². The Labute approximate surface area is 214 Å². The fraction of sp³-hybridized carbons (Fsp3) is 0.462. The molecule has 2 atom stereocenters. The minimum absolute atomic E-state index is 0.0303. The van der Waals surface area contributed by atoms with Crippen molar-refractivity contribution in [3.63, 3.8) is 0 Å². The van der Waals surface area contributed by atoms with Crippen LogP contribution in [-0.4, -0.2) is 76.0 Å². The number of hydrogen-bond acceptors (Lipinski definition) is 8. The van der Waals surface area contributed by atoms with Gasteiger partial charge in [-0.05, 0) is 51.1 Å². The number of aromatic amines is 1. The van der Waals surface area contributed by atoms with Crippen LogP contribution in [0.3, 0.4) is 0 Å². The van der Waals surface area contributed by atoms with Crippen molar-refractivity contribution < 1.29 is 28.1 Å². The van der Waals surface area contributed by atoms with Crippen LogP contribution in [0, 0.1) is 11.7 Å². The highest BCUT2D eigenvalue weighted by molar-refractivity contribution is 5.80. The topological polar surface area (TPSA) is 112 Å². The number of ether oxygens (including phenoxy) is 4. The van der Waals surface area contributed by atoms with Gasteiger partial charge < -0.3 is 28.8 Å². The van der Waals surface area contributed by atoms with E-state index < -0.39 is 6.10 Å². The van der Waals surface area contributed by atoms with Crippen molar-refractivity contribution in [1.29, 1.82) is 0 Å². The summed E-state index contributed by atoms with van der Waals surface area (Å²) in [5.41, 5.74) is 2.47. The number of benzene rings is 1. The zero-order valence-electron chi connectivity index (χ0n) is 21.0. The molecule has 5 rings (SSSR count). The highest BCUT2D eigenvalue weighted by Gasteiger charge is 2.36. The van der Waals surface area contributed by atoms with E-state index >= 15 is 0 Å². The van der Waals surface area contributed by atoms with Crippen LogP contribution in [-0.2, 0) is 19.0 Å². The Morgan fingerprint density at radius 3 is 2.62 bits per heavy atom. The molecule has 0 bridgehead atoms. The molecule has 1 N–H and O–H groups in total. The van der Waals surface area contributed by atoms with Crippen LogP contribution in [0.5, 0.6) is 6.01 Å². The summed E-state index contributed by atoms with van der Waals surface area (Å²) >= 11 is 0. The maximum absolute atomic E-state index is 13.7. The van der Waals surface area contributed by atoms with Gasteiger partial charge in [-0.3, -0.25) is 4.79 Å². The van der Waals surface area contributed by atoms with Gasteiger partial charge >= 0.3 is 6.01 Å². The number of imidazole rings is 1. The minimum atomic E-state index is -0.494. The SMILES string of the molecule is CC(C)Oc1nccc(-c2[nH]c(C3CN(C(=O)C4COCOC4)C(C)CO3)nc2-c2ccc(F)cc2)n1. The summed E-state index contributed by atoms with van der Waals surface area (Å²) in [6.45, 7) is 7.29. The van der Waals surface area contributed by atoms with Crippen LogP contribution < -0.4 is 4.74 Å². The van der Waals surface area contributed by atoms with E-state index in [1.165, 1.54) is 12.1 Å². The van der Waals surface area contributed by atoms with Crippen molar-refractivity contribution in [2.75, 3.05) is 33.2 Å². The number of carbonyl (C=O) groups is 1. The molecule has 2 aliphatic rings. The summed E-state index contributed by atoms with van der Waals surface area (Å²) in [7, 11) is 0. The Hall–Kier alpha value is -3.41. The Balaban J connectivity index is 1.48. The van der Waals surface area contributed by atoms with Gasteiger partial charge in [-0.2, -0.15) is 4.98 Å². The average molecular weight is 512 g/mol. The molecule has 0 spiro atoms. The maximum Gasteiger partial charge on any atom is 0.317 e. The number of aromatic nitrogens is 4. The highest BCUT2D eigenvalue weighted by Crippen LogP contribution is 2.34. The number of hydrogen-bond donors (Lipinski definition) is 1. The lowest BCUT2D eigenvalue weighted by molar-refractivity contribution is -0.170. The predicted molar refractivity (Wildman–Crippen MR) is 131 cm³/mol. The molecule has 11 heteroatoms. The van der Waals surface area contributed by atoms with Gasteiger partial charge in [0.15, 0.2) is 0 Å². The monoisotopic (exact) mass is 511 g/mol. The Kier molecular flexibility index (Phi) is 7.45. The van der Waals surface area contributed by atoms with Gasteiger partial charge in [0.1, 0.15) is 24.5 Å². The van der Waals surface area contributed by atoms with E-state index in [4.69, 9.17) is 23.9 Å². The first kappa shape index (κ1) is 25.2. The molecule has 3 aromatic rings. The number of nitrogens with one attached hydrogen (secondary N) is 1. The lowest BCUT2D eigenvalue weighted by Crippen LogP contribution is -2.52. The van der Waals surface area contributed by atoms with E-state index in [0.717, 1.165) is 0 Å². The molecule has 196 valence electrons. The van der Waals surface area contributed by atoms with Crippen LogP contribution in [0.4, 0.5) is 4.39 Å². The van der Waals surface area contributed by atoms with E-state index in [1.54, 1.807) is 29.3 Å². The van der Waals surface area contributed by atoms with Crippen LogP contribution in [0.2, 0.25) is 0 Å². The van der Waals surface area contributed by atoms with E-state index in [0.29, 0.717) is 54.8 Å². The van der Waals surface area contributed by atoms with Crippen LogP contribution in [0.25, 0.3) is 22.6 Å². The summed E-state index contributed by atoms with van der Waals surface area (Å²) in [5.74, 6) is -0.181. The third-order valence-electron chi connectivity index (χ3n) is 6.25. The van der Waals surface area contributed by atoms with Gasteiger partial charge in [-0.15, -0.1) is 0 Å². The second-order valence-corrected chi connectivity index (χ2v) is 9.46. The first-order valence-electron chi connectivity index (χ1n) is 12.3. The largest absolute Gasteiger partial charge is 0.461 e. The first-order chi connectivity index (χ1) is 17.9. The molecule has 2 saturated heterocycles. The summed E-state index contributed by atoms with van der Waals surface area (Å²) in [6, 6.07) is 7.98. The minimum Gasteiger partial charge on any atom is -0.461 e. The number of nitrogens with zero attached hydrogens (tertiary/aromatic N) is 4. The third-order valence-corrected chi connectivity index (χ3v) is 6.25. The molecule has 1 aromatic carbocycles. The van der Waals surface area contributed by atoms with Crippen molar-refractivity contribution >= 4 is 5.91 Å². The smallest absolute Gasteiger partial charge is 0.317 e. The molecule has 2 fully saturated rings. The zero-order chi connectivity index (χ0) is 25.9. The fourth-order valence-corrected chi connectivity index (χ4v) is 4.39. The molecule has 0 saturated carbocycles. The molecular formula is C26H30FN5O5. The molecule has 37 heavy (non-hydrogen) atoms. The van der Waals surface area contributed by atoms with Crippen LogP contribution >= 0.6 is 0 Å². The second kappa shape index (κ2) is 10.9. The van der Waals surface area contributed by atoms with Gasteiger partial charge in [0.2, 0.25) is 5.91 Å². The molecule has 0 aliphatic carbocycles. The lowest BCUT2D eigenvalue weighted by Gasteiger charge is -2.39. The summed E-state index contributed by atoms with van der Waals surface area (Å²) in [6.07, 6.45) is 1.03. The van der Waals surface area contributed by atoms with Gasteiger partial charge in [0.05, 0.1) is 61.5 Å². The molecule has 10 nitrogen and oxygen atoms in total. The number of carbonyl (C=O) groups excluding carboxylic acids is 1. The number of H-pyrrole nitrogens is 1. The highest BCUT2D eigenvalue weighted by atomic mass is 19.1. The van der Waals surface area contributed by atoms with Gasteiger partial charge in [-0.25, -0.2) is 14.4 Å². The van der Waals surface area contributed by atoms with E-state index in [9.17, 15) is 9.18 Å². The quantitative estimate of drug-likeness (QED) is 0.536. The number of rotatable bonds is 6. The Bertz CT molecular complexity index is 1230. The van der Waals surface area contributed by atoms with E-state index in [-0.39, 0.29) is 42.6 Å². The Morgan fingerprint density at radius 1 is 1.14 bits per heavy atom. The molecule has 2 aliphatic heterocycles. The average Bonchev–Trinajstić information content (AvgIpc) is 3.35. The summed E-state index contributed by atoms with van der Waals surface area (Å²) in [4.78, 5) is 32.0. The van der Waals surface area contributed by atoms with Gasteiger partial charge in [-0.1, -0.05) is 0 Å². The lowest BCUT2D eigenvalue weighted by atomic mass is 10.1. The van der Waals surface area contributed by atoms with Crippen LogP contribution in [0.1, 0.15) is 32.7 Å². The number of halogens is 1. The summed E-state index contributed by atoms with van der Waals surface area (Å²) in [5, 5.41) is 0. The number of morpholine rings is 1. The predicted octanol–water partition coefficient (Wildman–Crippen LogP) is 3.37. The van der Waals surface area contributed by atoms with E-state index in [1.807, 2.05) is 20.8 Å². The van der Waals surface area contributed by atoms with Crippen molar-refractivity contribution in [3.05, 3.63) is 48.2 Å². The van der Waals surface area contributed by atoms with Gasteiger partial charge in [0, 0.05) is 11.8 Å². The summed E-state index contributed by atoms with van der Waals surface area (Å²) < 4.78 is 36.1. The zero-order valence-corrected chi connectivity index (χ0v) is 21.0. The number of amides is 1. The van der Waals surface area contributed by atoms with E-state index in [2.05, 4.69) is 15.0 Å². The molecule has 2 unspecified atom stereocenters. The standard InChI is InChI=1S/C26H30FN5O5/c1-15(2)37-26-28-9-8-20(29-26)23-22(17-4-6-19(27)7-5-17)30-24(31-23)21-10-32(16(3)11-36-21)25(33)18-12-34-14-35-13-18/h4-9,15-16,18,21H,10-14H2,1-3H3,(H,30,31). The molecule has 2 aromatic heterocycles. The fourth-order valence-electron chi connectivity index (χ4n) is 4.39. The van der Waals surface area contributed by atoms with Crippen molar-refractivity contribution in [2.45, 2.75) is 39.0 Å². The Morgan fingerprint density at radius 2 is 1.89 bits per heavy atom. The van der Waals surface area contributed by atoms with Crippen molar-refractivity contribution in [2.24, 2.45) is 5.92 Å². The molecular weight excluding hydrogens is 481 g/mol.